The van der Waals surface area contributed by atoms with Crippen LogP contribution in [-0.4, -0.2) is 18.2 Å². The summed E-state index contributed by atoms with van der Waals surface area (Å²) in [5.41, 5.74) is 1.25. The SMILES string of the molecule is CO[n+]1ccc(C(=O)O)c(Nc2ccc(C)cc2F)c1. The number of hydrogen-bond acceptors (Lipinski definition) is 3. The van der Waals surface area contributed by atoms with E-state index >= 15 is 0 Å². The van der Waals surface area contributed by atoms with E-state index < -0.39 is 11.8 Å². The molecule has 0 atom stereocenters. The lowest BCUT2D eigenvalue weighted by atomic mass is 10.2. The van der Waals surface area contributed by atoms with E-state index in [9.17, 15) is 9.18 Å². The molecule has 0 saturated carbocycles. The second-order valence-corrected chi connectivity index (χ2v) is 4.23. The maximum atomic E-state index is 13.8. The van der Waals surface area contributed by atoms with Gasteiger partial charge in [0.1, 0.15) is 18.6 Å². The number of carboxylic acids is 1. The molecular formula is C14H14FN2O3+. The van der Waals surface area contributed by atoms with E-state index in [1.807, 2.05) is 0 Å². The van der Waals surface area contributed by atoms with Gasteiger partial charge in [0.05, 0.1) is 11.3 Å². The van der Waals surface area contributed by atoms with Crippen molar-refractivity contribution in [3.63, 3.8) is 0 Å². The molecule has 0 radical (unpaired) electrons. The predicted molar refractivity (Wildman–Crippen MR) is 70.5 cm³/mol. The highest BCUT2D eigenvalue weighted by Gasteiger charge is 2.17. The minimum atomic E-state index is -1.11. The van der Waals surface area contributed by atoms with Gasteiger partial charge in [0.15, 0.2) is 0 Å². The molecular weight excluding hydrogens is 263 g/mol. The van der Waals surface area contributed by atoms with E-state index in [0.29, 0.717) is 0 Å². The topological polar surface area (TPSA) is 62.4 Å². The summed E-state index contributed by atoms with van der Waals surface area (Å²) in [6.07, 6.45) is 2.89. The normalized spacial score (nSPS) is 10.2. The molecule has 20 heavy (non-hydrogen) atoms. The fourth-order valence-electron chi connectivity index (χ4n) is 1.74. The Morgan fingerprint density at radius 2 is 2.10 bits per heavy atom. The Morgan fingerprint density at radius 1 is 1.35 bits per heavy atom. The van der Waals surface area contributed by atoms with Gasteiger partial charge in [-0.3, -0.25) is 4.84 Å². The van der Waals surface area contributed by atoms with Gasteiger partial charge in [0.25, 0.3) is 0 Å². The molecule has 0 aliphatic carbocycles. The first kappa shape index (κ1) is 13.8. The first-order valence-corrected chi connectivity index (χ1v) is 5.87. The van der Waals surface area contributed by atoms with Gasteiger partial charge in [-0.25, -0.2) is 9.18 Å². The van der Waals surface area contributed by atoms with Gasteiger partial charge in [-0.2, -0.15) is 0 Å². The Morgan fingerprint density at radius 3 is 2.70 bits per heavy atom. The molecule has 6 heteroatoms. The third-order valence-corrected chi connectivity index (χ3v) is 2.77. The van der Waals surface area contributed by atoms with Crippen molar-refractivity contribution in [1.82, 2.24) is 0 Å². The van der Waals surface area contributed by atoms with Crippen LogP contribution in [0.2, 0.25) is 0 Å². The molecule has 0 saturated heterocycles. The van der Waals surface area contributed by atoms with Crippen LogP contribution in [-0.2, 0) is 0 Å². The average Bonchev–Trinajstić information content (AvgIpc) is 2.41. The van der Waals surface area contributed by atoms with Crippen LogP contribution in [0, 0.1) is 12.7 Å². The molecule has 0 aliphatic rings. The van der Waals surface area contributed by atoms with Crippen molar-refractivity contribution in [2.45, 2.75) is 6.92 Å². The molecule has 2 aromatic rings. The molecule has 0 fully saturated rings. The van der Waals surface area contributed by atoms with Crippen molar-refractivity contribution in [3.8, 4) is 0 Å². The van der Waals surface area contributed by atoms with Gasteiger partial charge >= 0.3 is 5.97 Å². The van der Waals surface area contributed by atoms with Gasteiger partial charge in [-0.15, -0.1) is 0 Å². The Hall–Kier alpha value is -2.63. The van der Waals surface area contributed by atoms with Crippen molar-refractivity contribution in [2.24, 2.45) is 0 Å². The number of aromatic carboxylic acids is 1. The van der Waals surface area contributed by atoms with Crippen LogP contribution in [0.1, 0.15) is 15.9 Å². The summed E-state index contributed by atoms with van der Waals surface area (Å²) in [6.45, 7) is 1.77. The lowest BCUT2D eigenvalue weighted by molar-refractivity contribution is -0.885. The van der Waals surface area contributed by atoms with Crippen LogP contribution < -0.4 is 14.9 Å². The van der Waals surface area contributed by atoms with Crippen LogP contribution in [0.3, 0.4) is 0 Å². The lowest BCUT2D eigenvalue weighted by Gasteiger charge is -2.09. The Bertz CT molecular complexity index is 659. The Labute approximate surface area is 115 Å². The number of nitrogens with zero attached hydrogens (tertiary/aromatic N) is 1. The zero-order valence-corrected chi connectivity index (χ0v) is 11.1. The zero-order valence-electron chi connectivity index (χ0n) is 11.1. The van der Waals surface area contributed by atoms with E-state index in [2.05, 4.69) is 5.32 Å². The van der Waals surface area contributed by atoms with E-state index in [-0.39, 0.29) is 16.9 Å². The number of carboxylic acid groups (broad SMARTS) is 1. The second kappa shape index (κ2) is 5.56. The summed E-state index contributed by atoms with van der Waals surface area (Å²) in [5, 5.41) is 11.9. The smallest absolute Gasteiger partial charge is 0.338 e. The number of aryl methyl sites for hydroxylation is 1. The summed E-state index contributed by atoms with van der Waals surface area (Å²) >= 11 is 0. The number of nitrogens with one attached hydrogen (secondary N) is 1. The fourth-order valence-corrected chi connectivity index (χ4v) is 1.74. The monoisotopic (exact) mass is 277 g/mol. The molecule has 0 amide bonds. The third kappa shape index (κ3) is 2.85. The van der Waals surface area contributed by atoms with Crippen molar-refractivity contribution in [2.75, 3.05) is 12.4 Å². The van der Waals surface area contributed by atoms with Gasteiger partial charge in [-0.1, -0.05) is 6.07 Å². The van der Waals surface area contributed by atoms with Gasteiger partial charge < -0.3 is 10.4 Å². The Balaban J connectivity index is 2.43. The van der Waals surface area contributed by atoms with Crippen LogP contribution in [0.4, 0.5) is 15.8 Å². The van der Waals surface area contributed by atoms with Crippen molar-refractivity contribution >= 4 is 17.3 Å². The van der Waals surface area contributed by atoms with Crippen LogP contribution >= 0.6 is 0 Å². The van der Waals surface area contributed by atoms with Gasteiger partial charge in [-0.05, 0) is 24.6 Å². The molecule has 2 N–H and O–H groups in total. The van der Waals surface area contributed by atoms with Crippen LogP contribution in [0.5, 0.6) is 0 Å². The summed E-state index contributed by atoms with van der Waals surface area (Å²) in [4.78, 5) is 16.1. The molecule has 1 aromatic carbocycles. The highest BCUT2D eigenvalue weighted by molar-refractivity contribution is 5.94. The number of anilines is 2. The Kier molecular flexibility index (Phi) is 3.84. The molecule has 104 valence electrons. The molecule has 5 nitrogen and oxygen atoms in total. The van der Waals surface area contributed by atoms with E-state index in [0.717, 1.165) is 5.56 Å². The number of halogens is 1. The average molecular weight is 277 g/mol. The lowest BCUT2D eigenvalue weighted by Crippen LogP contribution is -2.40. The zero-order chi connectivity index (χ0) is 14.7. The van der Waals surface area contributed by atoms with Crippen molar-refractivity contribution in [3.05, 3.63) is 53.6 Å². The number of rotatable bonds is 4. The summed E-state index contributed by atoms with van der Waals surface area (Å²) < 4.78 is 15.1. The highest BCUT2D eigenvalue weighted by atomic mass is 19.1. The largest absolute Gasteiger partial charge is 0.478 e. The summed E-state index contributed by atoms with van der Waals surface area (Å²) in [6, 6.07) is 6.04. The van der Waals surface area contributed by atoms with E-state index in [4.69, 9.17) is 9.94 Å². The molecule has 1 aromatic heterocycles. The van der Waals surface area contributed by atoms with Crippen LogP contribution in [0.25, 0.3) is 0 Å². The quantitative estimate of drug-likeness (QED) is 0.838. The van der Waals surface area contributed by atoms with E-state index in [1.165, 1.54) is 36.4 Å². The number of benzene rings is 1. The summed E-state index contributed by atoms with van der Waals surface area (Å²) in [7, 11) is 1.44. The molecule has 0 aliphatic heterocycles. The third-order valence-electron chi connectivity index (χ3n) is 2.77. The number of hydrogen-bond donors (Lipinski definition) is 2. The minimum Gasteiger partial charge on any atom is -0.478 e. The minimum absolute atomic E-state index is 0.0262. The molecule has 1 heterocycles. The van der Waals surface area contributed by atoms with Crippen molar-refractivity contribution < 1.29 is 23.9 Å². The fraction of sp³-hybridized carbons (Fsp3) is 0.143. The van der Waals surface area contributed by atoms with Crippen molar-refractivity contribution in [1.29, 1.82) is 0 Å². The van der Waals surface area contributed by atoms with Crippen LogP contribution in [0.15, 0.2) is 36.7 Å². The van der Waals surface area contributed by atoms with E-state index in [1.54, 1.807) is 19.1 Å². The molecule has 0 spiro atoms. The summed E-state index contributed by atoms with van der Waals surface area (Å²) in [5.74, 6) is -1.56. The number of aromatic nitrogens is 1. The molecule has 0 bridgehead atoms. The maximum absolute atomic E-state index is 13.8. The standard InChI is InChI=1S/C14H13FN2O3/c1-9-3-4-12(11(15)7-9)16-13-8-17(20-2)6-5-10(13)14(18)19/h3-8,16H,1-2H3/p+1. The van der Waals surface area contributed by atoms with Gasteiger partial charge in [0, 0.05) is 10.8 Å². The predicted octanol–water partition coefficient (Wildman–Crippen LogP) is 1.92. The first-order chi connectivity index (χ1) is 9.51. The highest BCUT2D eigenvalue weighted by Crippen LogP contribution is 2.22. The number of carbonyl (C=O) groups is 1. The van der Waals surface area contributed by atoms with Gasteiger partial charge in [0.2, 0.25) is 12.4 Å². The maximum Gasteiger partial charge on any atom is 0.338 e. The number of pyridine rings is 1. The first-order valence-electron chi connectivity index (χ1n) is 5.87. The molecule has 0 unspecified atom stereocenters. The second-order valence-electron chi connectivity index (χ2n) is 4.23. The molecule has 2 rings (SSSR count).